The van der Waals surface area contributed by atoms with Gasteiger partial charge in [0.2, 0.25) is 0 Å². The van der Waals surface area contributed by atoms with E-state index in [-0.39, 0.29) is 20.6 Å². The van der Waals surface area contributed by atoms with Gasteiger partial charge < -0.3 is 0 Å². The zero-order valence-corrected chi connectivity index (χ0v) is 31.1. The van der Waals surface area contributed by atoms with Gasteiger partial charge in [0.05, 0.1) is 0 Å². The maximum absolute atomic E-state index is 8.40. The van der Waals surface area contributed by atoms with Gasteiger partial charge in [-0.15, -0.1) is 0 Å². The van der Waals surface area contributed by atoms with Gasteiger partial charge in [-0.2, -0.15) is 0 Å². The van der Waals surface area contributed by atoms with E-state index in [0.29, 0.717) is 0 Å². The van der Waals surface area contributed by atoms with E-state index >= 15 is 0 Å². The summed E-state index contributed by atoms with van der Waals surface area (Å²) >= 11 is 0. The zero-order chi connectivity index (χ0) is 30.0. The van der Waals surface area contributed by atoms with Crippen molar-refractivity contribution in [2.24, 2.45) is 0 Å². The average Bonchev–Trinajstić information content (AvgIpc) is 2.77. The minimum atomic E-state index is -2.50. The molecular formula is C34H56Cl2NiP2. The molecule has 0 N–H and O–H groups in total. The summed E-state index contributed by atoms with van der Waals surface area (Å²) in [5.74, 6) is 0. The van der Waals surface area contributed by atoms with Gasteiger partial charge in [-0.1, -0.05) is 0 Å². The fourth-order valence-corrected chi connectivity index (χ4v) is 72.6. The Kier molecular flexibility index (Phi) is 11.3. The molecule has 0 aliphatic rings. The fourth-order valence-electron chi connectivity index (χ4n) is 6.89. The number of hydrogen-bond donors (Lipinski definition) is 0. The molecule has 39 heavy (non-hydrogen) atoms. The second kappa shape index (κ2) is 12.6. The Hall–Kier alpha value is -0.146. The van der Waals surface area contributed by atoms with Crippen LogP contribution in [0, 0.1) is 0 Å². The topological polar surface area (TPSA) is 0 Å². The summed E-state index contributed by atoms with van der Waals surface area (Å²) in [5, 5.41) is 0.0304. The number of rotatable bonds is 8. The molecule has 2 aromatic carbocycles. The number of hydrogen-bond acceptors (Lipinski definition) is 0. The van der Waals surface area contributed by atoms with Crippen molar-refractivity contribution in [2.45, 2.75) is 104 Å². The van der Waals surface area contributed by atoms with Crippen LogP contribution in [-0.2, 0) is 9.74 Å². The van der Waals surface area contributed by atoms with Crippen molar-refractivity contribution in [3.05, 3.63) is 83.9 Å². The summed E-state index contributed by atoms with van der Waals surface area (Å²) in [6.45, 7) is 29.2. The Morgan fingerprint density at radius 1 is 0.513 bits per heavy atom. The Labute approximate surface area is 253 Å². The van der Waals surface area contributed by atoms with Crippen LogP contribution in [0.3, 0.4) is 0 Å². The molecule has 0 amide bonds. The summed E-state index contributed by atoms with van der Waals surface area (Å²) in [5.41, 5.74) is 2.46. The van der Waals surface area contributed by atoms with Crippen molar-refractivity contribution in [1.82, 2.24) is 0 Å². The van der Waals surface area contributed by atoms with E-state index in [1.807, 2.05) is 0 Å². The molecule has 0 heterocycles. The third-order valence-electron chi connectivity index (χ3n) is 8.24. The molecule has 2 aromatic rings. The van der Waals surface area contributed by atoms with Gasteiger partial charge in [-0.3, -0.25) is 0 Å². The van der Waals surface area contributed by atoms with Crippen LogP contribution in [0.25, 0.3) is 12.2 Å². The molecule has 5 heteroatoms. The maximum atomic E-state index is 8.40. The molecule has 0 bridgehead atoms. The van der Waals surface area contributed by atoms with Crippen LogP contribution in [0.4, 0.5) is 0 Å². The molecule has 2 rings (SSSR count). The first-order chi connectivity index (χ1) is 17.7. The molecular weight excluding hydrogens is 600 g/mol. The quantitative estimate of drug-likeness (QED) is 0.196. The summed E-state index contributed by atoms with van der Waals surface area (Å²) in [7, 11) is 14.5. The molecule has 0 saturated heterocycles. The van der Waals surface area contributed by atoms with Crippen LogP contribution in [0.15, 0.2) is 72.8 Å². The van der Waals surface area contributed by atoms with E-state index in [0.717, 1.165) is 12.3 Å². The Balaban J connectivity index is 2.88. The first kappa shape index (κ1) is 35.1. The van der Waals surface area contributed by atoms with Gasteiger partial charge in [0.25, 0.3) is 0 Å². The molecule has 0 saturated carbocycles. The summed E-state index contributed by atoms with van der Waals surface area (Å²) in [6, 6.07) is 16.3. The predicted molar refractivity (Wildman–Crippen MR) is 188 cm³/mol. The summed E-state index contributed by atoms with van der Waals surface area (Å²) < 4.78 is 0. The van der Waals surface area contributed by atoms with Gasteiger partial charge in [0.15, 0.2) is 0 Å². The van der Waals surface area contributed by atoms with E-state index in [2.05, 4.69) is 168 Å². The van der Waals surface area contributed by atoms with E-state index in [1.54, 1.807) is 0 Å². The monoisotopic (exact) mass is 654 g/mol. The first-order valence-electron chi connectivity index (χ1n) is 14.1. The predicted octanol–water partition coefficient (Wildman–Crippen LogP) is 12.4. The van der Waals surface area contributed by atoms with Crippen LogP contribution < -0.4 is 0 Å². The van der Waals surface area contributed by atoms with Gasteiger partial charge in [0.1, 0.15) is 0 Å². The molecule has 0 spiro atoms. The van der Waals surface area contributed by atoms with E-state index in [1.165, 1.54) is 11.1 Å². The minimum absolute atomic E-state index is 0.00761. The van der Waals surface area contributed by atoms with Crippen LogP contribution in [0.1, 0.15) is 94.2 Å². The number of benzene rings is 2. The van der Waals surface area contributed by atoms with Crippen molar-refractivity contribution in [3.8, 4) is 0 Å². The molecule has 0 nitrogen and oxygen atoms in total. The second-order valence-corrected chi connectivity index (χ2v) is 42.9. The second-order valence-electron chi connectivity index (χ2n) is 14.9. The fraction of sp³-hybridized carbons (Fsp3) is 0.529. The standard InChI is InChI=1S/2C17H27P.2ClH.Ni/c2*1-16(2,3)18(17(4,5)6)14-10-13-15-11-8-7-9-12-15;;;/h2*7-13H,14H2,1-6H3;2*1H;/b2*13-10+;;;. The summed E-state index contributed by atoms with van der Waals surface area (Å²) in [6.07, 6.45) is 11.4. The molecule has 0 radical (unpaired) electrons. The van der Waals surface area contributed by atoms with Crippen molar-refractivity contribution in [1.29, 1.82) is 0 Å². The van der Waals surface area contributed by atoms with Crippen molar-refractivity contribution >= 4 is 44.6 Å². The van der Waals surface area contributed by atoms with Crippen molar-refractivity contribution in [2.75, 3.05) is 12.3 Å². The van der Waals surface area contributed by atoms with Gasteiger partial charge in [-0.05, 0) is 0 Å². The van der Waals surface area contributed by atoms with Crippen LogP contribution in [-0.4, -0.2) is 32.9 Å². The third kappa shape index (κ3) is 6.92. The van der Waals surface area contributed by atoms with Gasteiger partial charge in [0, 0.05) is 0 Å². The van der Waals surface area contributed by atoms with Gasteiger partial charge in [-0.25, -0.2) is 0 Å². The molecule has 0 unspecified atom stereocenters. The van der Waals surface area contributed by atoms with E-state index < -0.39 is 21.8 Å². The van der Waals surface area contributed by atoms with Crippen molar-refractivity contribution in [3.63, 3.8) is 0 Å². The van der Waals surface area contributed by atoms with Gasteiger partial charge >= 0.3 is 254 Å². The Bertz CT molecular complexity index is 993. The Morgan fingerprint density at radius 3 is 1.00 bits per heavy atom. The SMILES string of the molecule is CC(C)(C)[PH](C/C=C/c1ccccc1)(C(C)(C)C)[Ni]([Cl])([Cl])[PH](C/C=C/c1ccccc1)(C(C)(C)C)C(C)(C)C. The number of halogens is 2. The van der Waals surface area contributed by atoms with E-state index in [9.17, 15) is 0 Å². The molecule has 0 aliphatic carbocycles. The van der Waals surface area contributed by atoms with Crippen LogP contribution >= 0.6 is 32.5 Å². The molecule has 0 fully saturated rings. The molecule has 0 aliphatic heterocycles. The third-order valence-corrected chi connectivity index (χ3v) is 53.5. The van der Waals surface area contributed by atoms with E-state index in [4.69, 9.17) is 20.4 Å². The molecule has 226 valence electrons. The zero-order valence-electron chi connectivity index (χ0n) is 26.6. The molecule has 0 aromatic heterocycles. The normalized spacial score (nSPS) is 16.2. The summed E-state index contributed by atoms with van der Waals surface area (Å²) in [4.78, 5) is 0. The van der Waals surface area contributed by atoms with Crippen molar-refractivity contribution < 1.29 is 9.74 Å². The van der Waals surface area contributed by atoms with Crippen LogP contribution in [0.5, 0.6) is 0 Å². The average molecular weight is 656 g/mol. The first-order valence-corrected chi connectivity index (χ1v) is 23.9. The van der Waals surface area contributed by atoms with Crippen LogP contribution in [0.2, 0.25) is 0 Å². The number of allylic oxidation sites excluding steroid dienone is 2. The molecule has 0 atom stereocenters. The Morgan fingerprint density at radius 2 is 0.769 bits per heavy atom.